The summed E-state index contributed by atoms with van der Waals surface area (Å²) in [7, 11) is 0. The van der Waals surface area contributed by atoms with Gasteiger partial charge in [-0.3, -0.25) is 0 Å². The third-order valence-corrected chi connectivity index (χ3v) is 12.0. The standard InChI is InChI=1S/C52H49FO6S/c1-37-22-25-44(30-43(37)31-46-28-29-48(60-46)42-23-26-45(53)27-24-42)52(54)51(58-35-41-20-12-5-13-21-41)50(57-34-40-18-10-4-11-19-40)49(56-33-39-16-8-3-9-17-39)47(59-52)36-55-32-38-14-6-2-7-15-38/h2-30,47,49-51,54H,31-36H2,1H3/t47-,49-,50-,51-,52?/m1/s1. The fraction of sp³-hybridized carbons (Fsp3) is 0.231. The predicted octanol–water partition coefficient (Wildman–Crippen LogP) is 11.0. The van der Waals surface area contributed by atoms with Crippen LogP contribution in [0, 0.1) is 12.7 Å². The van der Waals surface area contributed by atoms with Gasteiger partial charge in [0, 0.05) is 21.7 Å². The van der Waals surface area contributed by atoms with Gasteiger partial charge in [-0.2, -0.15) is 0 Å². The molecule has 1 fully saturated rings. The molecule has 1 aliphatic heterocycles. The van der Waals surface area contributed by atoms with Crippen molar-refractivity contribution < 1.29 is 33.2 Å². The van der Waals surface area contributed by atoms with Crippen molar-refractivity contribution in [3.8, 4) is 10.4 Å². The smallest absolute Gasteiger partial charge is 0.222 e. The molecule has 60 heavy (non-hydrogen) atoms. The number of rotatable bonds is 17. The summed E-state index contributed by atoms with van der Waals surface area (Å²) < 4.78 is 47.6. The lowest BCUT2D eigenvalue weighted by molar-refractivity contribution is -0.378. The van der Waals surface area contributed by atoms with E-state index < -0.39 is 30.2 Å². The van der Waals surface area contributed by atoms with Crippen LogP contribution in [-0.4, -0.2) is 36.1 Å². The lowest BCUT2D eigenvalue weighted by atomic mass is 9.86. The highest BCUT2D eigenvalue weighted by atomic mass is 32.1. The SMILES string of the molecule is Cc1ccc(C2(O)O[C@H](COCc3ccccc3)[C@@H](OCc3ccccc3)[C@@H](OCc3ccccc3)[C@H]2OCc2ccccc2)cc1Cc1ccc(-c2ccc(F)cc2)s1. The maximum absolute atomic E-state index is 13.7. The van der Waals surface area contributed by atoms with Crippen molar-refractivity contribution in [3.05, 3.63) is 226 Å². The van der Waals surface area contributed by atoms with Crippen LogP contribution in [0.1, 0.15) is 43.8 Å². The summed E-state index contributed by atoms with van der Waals surface area (Å²) in [5.41, 5.74) is 7.53. The summed E-state index contributed by atoms with van der Waals surface area (Å²) in [6.07, 6.45) is -2.68. The number of hydrogen-bond donors (Lipinski definition) is 1. The van der Waals surface area contributed by atoms with E-state index in [2.05, 4.69) is 19.1 Å². The van der Waals surface area contributed by atoms with Crippen molar-refractivity contribution in [2.45, 2.75) is 70.0 Å². The van der Waals surface area contributed by atoms with Gasteiger partial charge in [0.2, 0.25) is 5.79 Å². The predicted molar refractivity (Wildman–Crippen MR) is 234 cm³/mol. The highest BCUT2D eigenvalue weighted by molar-refractivity contribution is 7.15. The molecule has 7 aromatic rings. The maximum atomic E-state index is 13.7. The van der Waals surface area contributed by atoms with Crippen LogP contribution < -0.4 is 0 Å². The van der Waals surface area contributed by atoms with E-state index in [1.165, 1.54) is 12.1 Å². The Labute approximate surface area is 355 Å². The van der Waals surface area contributed by atoms with Crippen LogP contribution in [0.4, 0.5) is 4.39 Å². The molecule has 1 aliphatic rings. The molecule has 1 unspecified atom stereocenters. The molecule has 1 N–H and O–H groups in total. The molecule has 0 spiro atoms. The van der Waals surface area contributed by atoms with E-state index in [0.717, 1.165) is 48.7 Å². The highest BCUT2D eigenvalue weighted by Crippen LogP contribution is 2.43. The average molecular weight is 821 g/mol. The zero-order valence-electron chi connectivity index (χ0n) is 33.6. The van der Waals surface area contributed by atoms with Crippen LogP contribution in [0.15, 0.2) is 176 Å². The number of aliphatic hydroxyl groups is 1. The molecule has 8 rings (SSSR count). The third kappa shape index (κ3) is 10.3. The van der Waals surface area contributed by atoms with Gasteiger partial charge in [-0.25, -0.2) is 4.39 Å². The van der Waals surface area contributed by atoms with Gasteiger partial charge in [-0.05, 0) is 76.2 Å². The molecule has 6 aromatic carbocycles. The summed E-state index contributed by atoms with van der Waals surface area (Å²) in [6.45, 7) is 3.28. The first-order chi connectivity index (χ1) is 29.4. The molecule has 6 nitrogen and oxygen atoms in total. The van der Waals surface area contributed by atoms with Crippen LogP contribution in [0.25, 0.3) is 10.4 Å². The maximum Gasteiger partial charge on any atom is 0.222 e. The van der Waals surface area contributed by atoms with E-state index in [1.54, 1.807) is 23.5 Å². The normalized spacial score (nSPS) is 20.2. The van der Waals surface area contributed by atoms with Crippen LogP contribution >= 0.6 is 11.3 Å². The second-order valence-corrected chi connectivity index (χ2v) is 16.4. The minimum Gasteiger partial charge on any atom is -0.374 e. The molecule has 0 radical (unpaired) electrons. The Bertz CT molecular complexity index is 2380. The summed E-state index contributed by atoms with van der Waals surface area (Å²) in [5.74, 6) is -2.25. The number of ether oxygens (including phenoxy) is 5. The van der Waals surface area contributed by atoms with Gasteiger partial charge in [0.05, 0.1) is 33.0 Å². The van der Waals surface area contributed by atoms with E-state index in [0.29, 0.717) is 18.6 Å². The summed E-state index contributed by atoms with van der Waals surface area (Å²) in [4.78, 5) is 2.19. The topological polar surface area (TPSA) is 66.4 Å². The largest absolute Gasteiger partial charge is 0.374 e. The average Bonchev–Trinajstić information content (AvgIpc) is 3.76. The zero-order chi connectivity index (χ0) is 41.2. The Kier molecular flexibility index (Phi) is 13.7. The van der Waals surface area contributed by atoms with Gasteiger partial charge in [0.15, 0.2) is 0 Å². The van der Waals surface area contributed by atoms with Crippen molar-refractivity contribution >= 4 is 11.3 Å². The van der Waals surface area contributed by atoms with Crippen molar-refractivity contribution in [3.63, 3.8) is 0 Å². The Hall–Kier alpha value is -5.29. The van der Waals surface area contributed by atoms with Crippen LogP contribution in [-0.2, 0) is 62.3 Å². The molecule has 0 saturated carbocycles. The van der Waals surface area contributed by atoms with Crippen LogP contribution in [0.3, 0.4) is 0 Å². The molecule has 0 amide bonds. The van der Waals surface area contributed by atoms with E-state index in [4.69, 9.17) is 23.7 Å². The van der Waals surface area contributed by atoms with Crippen molar-refractivity contribution in [1.29, 1.82) is 0 Å². The van der Waals surface area contributed by atoms with E-state index in [9.17, 15) is 9.50 Å². The molecule has 1 aromatic heterocycles. The molecular formula is C52H49FO6S. The van der Waals surface area contributed by atoms with Crippen molar-refractivity contribution in [2.75, 3.05) is 6.61 Å². The molecule has 1 saturated heterocycles. The van der Waals surface area contributed by atoms with Crippen LogP contribution in [0.5, 0.6) is 0 Å². The third-order valence-electron chi connectivity index (χ3n) is 10.9. The van der Waals surface area contributed by atoms with Gasteiger partial charge < -0.3 is 28.8 Å². The first-order valence-corrected chi connectivity index (χ1v) is 21.2. The van der Waals surface area contributed by atoms with Gasteiger partial charge in [0.25, 0.3) is 0 Å². The minimum atomic E-state index is -1.99. The van der Waals surface area contributed by atoms with Crippen LogP contribution in [0.2, 0.25) is 0 Å². The first-order valence-electron chi connectivity index (χ1n) is 20.3. The number of thiophene rings is 1. The van der Waals surface area contributed by atoms with Gasteiger partial charge in [-0.1, -0.05) is 146 Å². The van der Waals surface area contributed by atoms with Gasteiger partial charge in [0.1, 0.15) is 30.2 Å². The van der Waals surface area contributed by atoms with E-state index >= 15 is 0 Å². The summed E-state index contributed by atoms with van der Waals surface area (Å²) in [6, 6.07) is 56.5. The Morgan fingerprint density at radius 3 is 1.72 bits per heavy atom. The lowest BCUT2D eigenvalue weighted by Gasteiger charge is -2.50. The molecular weight excluding hydrogens is 772 g/mol. The van der Waals surface area contributed by atoms with Gasteiger partial charge in [-0.15, -0.1) is 11.3 Å². The molecule has 2 heterocycles. The van der Waals surface area contributed by atoms with Crippen molar-refractivity contribution in [1.82, 2.24) is 0 Å². The molecule has 0 aliphatic carbocycles. The minimum absolute atomic E-state index is 0.118. The van der Waals surface area contributed by atoms with E-state index in [-0.39, 0.29) is 32.2 Å². The Morgan fingerprint density at radius 2 is 1.13 bits per heavy atom. The molecule has 0 bridgehead atoms. The summed E-state index contributed by atoms with van der Waals surface area (Å²) >= 11 is 1.66. The number of halogens is 1. The van der Waals surface area contributed by atoms with Gasteiger partial charge >= 0.3 is 0 Å². The molecule has 5 atom stereocenters. The fourth-order valence-corrected chi connectivity index (χ4v) is 8.64. The second-order valence-electron chi connectivity index (χ2n) is 15.2. The fourth-order valence-electron chi connectivity index (χ4n) is 7.60. The zero-order valence-corrected chi connectivity index (χ0v) is 34.4. The second kappa shape index (κ2) is 19.8. The number of hydrogen-bond acceptors (Lipinski definition) is 7. The summed E-state index contributed by atoms with van der Waals surface area (Å²) in [5, 5.41) is 13.3. The highest BCUT2D eigenvalue weighted by Gasteiger charge is 2.57. The molecule has 306 valence electrons. The molecule has 8 heteroatoms. The Morgan fingerprint density at radius 1 is 0.600 bits per heavy atom. The number of aryl methyl sites for hydroxylation is 1. The lowest BCUT2D eigenvalue weighted by Crippen LogP contribution is -2.65. The quantitative estimate of drug-likeness (QED) is 0.0987. The Balaban J connectivity index is 1.17. The first kappa shape index (κ1) is 41.4. The number of benzene rings is 6. The van der Waals surface area contributed by atoms with E-state index in [1.807, 2.05) is 140 Å². The van der Waals surface area contributed by atoms with Crippen molar-refractivity contribution in [2.24, 2.45) is 0 Å². The monoisotopic (exact) mass is 820 g/mol.